The fourth-order valence-electron chi connectivity index (χ4n) is 0.876. The van der Waals surface area contributed by atoms with Crippen LogP contribution in [-0.2, 0) is 0 Å². The summed E-state index contributed by atoms with van der Waals surface area (Å²) in [6.45, 7) is 9.12. The lowest BCUT2D eigenvalue weighted by molar-refractivity contribution is 0.299. The molecule has 0 aliphatic heterocycles. The molecule has 0 N–H and O–H groups in total. The van der Waals surface area contributed by atoms with E-state index in [1.807, 2.05) is 6.92 Å². The average molecular weight is 178 g/mol. The molecule has 1 aromatic rings. The van der Waals surface area contributed by atoms with E-state index in [1.165, 1.54) is 7.11 Å². The molecular weight excluding hydrogens is 168 g/mol. The highest BCUT2D eigenvalue weighted by Crippen LogP contribution is 2.26. The Kier molecular flexibility index (Phi) is 3.09. The lowest BCUT2D eigenvalue weighted by Crippen LogP contribution is -1.97. The summed E-state index contributed by atoms with van der Waals surface area (Å²) in [5, 5.41) is 0. The van der Waals surface area contributed by atoms with E-state index in [2.05, 4.69) is 9.83 Å². The monoisotopic (exact) mass is 178 g/mol. The van der Waals surface area contributed by atoms with Crippen LogP contribution in [0.25, 0.3) is 4.85 Å². The van der Waals surface area contributed by atoms with Gasteiger partial charge in [-0.3, -0.25) is 0 Å². The standard InChI is InChI=1S/C9H10N2O2/c1-4-13-9-7(12-3)5-6-8(10-2)11-9/h5-6H,4H2,1,3H3. The number of pyridine rings is 1. The van der Waals surface area contributed by atoms with Gasteiger partial charge >= 0.3 is 5.88 Å². The van der Waals surface area contributed by atoms with E-state index in [-0.39, 0.29) is 0 Å². The van der Waals surface area contributed by atoms with E-state index >= 15 is 0 Å². The van der Waals surface area contributed by atoms with Crippen LogP contribution >= 0.6 is 0 Å². The highest BCUT2D eigenvalue weighted by molar-refractivity contribution is 5.45. The molecule has 0 saturated heterocycles. The zero-order valence-corrected chi connectivity index (χ0v) is 7.57. The lowest BCUT2D eigenvalue weighted by atomic mass is 10.4. The van der Waals surface area contributed by atoms with E-state index in [9.17, 15) is 0 Å². The van der Waals surface area contributed by atoms with Crippen LogP contribution in [0.15, 0.2) is 12.1 Å². The number of hydrogen-bond acceptors (Lipinski definition) is 3. The van der Waals surface area contributed by atoms with Crippen LogP contribution in [-0.4, -0.2) is 18.7 Å². The zero-order chi connectivity index (χ0) is 9.68. The Bertz CT molecular complexity index is 331. The van der Waals surface area contributed by atoms with Crippen LogP contribution in [0.5, 0.6) is 11.6 Å². The van der Waals surface area contributed by atoms with Gasteiger partial charge in [0.2, 0.25) is 5.75 Å². The minimum absolute atomic E-state index is 0.309. The van der Waals surface area contributed by atoms with Crippen LogP contribution in [0.1, 0.15) is 6.92 Å². The van der Waals surface area contributed by atoms with Gasteiger partial charge in [-0.05, 0) is 19.1 Å². The zero-order valence-electron chi connectivity index (χ0n) is 7.57. The fourth-order valence-corrected chi connectivity index (χ4v) is 0.876. The fraction of sp³-hybridized carbons (Fsp3) is 0.333. The maximum absolute atomic E-state index is 6.77. The maximum Gasteiger partial charge on any atom is 0.352 e. The van der Waals surface area contributed by atoms with Crippen molar-refractivity contribution in [2.75, 3.05) is 13.7 Å². The first-order chi connectivity index (χ1) is 6.31. The molecule has 68 valence electrons. The van der Waals surface area contributed by atoms with E-state index < -0.39 is 0 Å². The smallest absolute Gasteiger partial charge is 0.352 e. The third-order valence-electron chi connectivity index (χ3n) is 1.43. The molecule has 0 atom stereocenters. The molecule has 0 aliphatic rings. The molecule has 0 bridgehead atoms. The summed E-state index contributed by atoms with van der Waals surface area (Å²) in [5.41, 5.74) is 0. The molecule has 0 spiro atoms. The van der Waals surface area contributed by atoms with E-state index in [4.69, 9.17) is 16.0 Å². The molecule has 0 amide bonds. The van der Waals surface area contributed by atoms with Crippen LogP contribution in [0.2, 0.25) is 0 Å². The number of ether oxygens (including phenoxy) is 2. The summed E-state index contributed by atoms with van der Waals surface area (Å²) in [5.74, 6) is 1.23. The summed E-state index contributed by atoms with van der Waals surface area (Å²) in [6, 6.07) is 3.26. The van der Waals surface area contributed by atoms with Gasteiger partial charge in [0.25, 0.3) is 5.82 Å². The molecule has 0 aliphatic carbocycles. The van der Waals surface area contributed by atoms with Crippen molar-refractivity contribution in [1.29, 1.82) is 0 Å². The molecule has 4 heteroatoms. The van der Waals surface area contributed by atoms with Crippen molar-refractivity contribution in [2.45, 2.75) is 6.92 Å². The molecule has 4 nitrogen and oxygen atoms in total. The first-order valence-electron chi connectivity index (χ1n) is 3.87. The first kappa shape index (κ1) is 9.33. The van der Waals surface area contributed by atoms with Crippen molar-refractivity contribution in [1.82, 2.24) is 4.98 Å². The number of rotatable bonds is 3. The molecule has 0 fully saturated rings. The van der Waals surface area contributed by atoms with Crippen LogP contribution in [0.3, 0.4) is 0 Å². The average Bonchev–Trinajstić information content (AvgIpc) is 2.18. The van der Waals surface area contributed by atoms with Gasteiger partial charge < -0.3 is 14.3 Å². The van der Waals surface area contributed by atoms with Crippen molar-refractivity contribution in [3.63, 3.8) is 0 Å². The van der Waals surface area contributed by atoms with Gasteiger partial charge in [-0.1, -0.05) is 11.6 Å². The molecular formula is C9H10N2O2. The van der Waals surface area contributed by atoms with Crippen LogP contribution in [0, 0.1) is 6.57 Å². The summed E-state index contributed by atoms with van der Waals surface area (Å²) in [7, 11) is 1.54. The third-order valence-corrected chi connectivity index (χ3v) is 1.43. The van der Waals surface area contributed by atoms with Gasteiger partial charge in [-0.25, -0.2) is 0 Å². The summed E-state index contributed by atoms with van der Waals surface area (Å²) < 4.78 is 10.2. The molecule has 0 saturated carbocycles. The van der Waals surface area contributed by atoms with Gasteiger partial charge in [0.15, 0.2) is 0 Å². The second kappa shape index (κ2) is 4.31. The Morgan fingerprint density at radius 1 is 1.54 bits per heavy atom. The summed E-state index contributed by atoms with van der Waals surface area (Å²) >= 11 is 0. The van der Waals surface area contributed by atoms with Gasteiger partial charge in [0.1, 0.15) is 0 Å². The highest BCUT2D eigenvalue weighted by Gasteiger charge is 2.10. The SMILES string of the molecule is [C-]#[N+]c1ccc(OC)c(OCC)n1. The van der Waals surface area contributed by atoms with Gasteiger partial charge in [-0.2, -0.15) is 0 Å². The summed E-state index contributed by atoms with van der Waals surface area (Å²) in [6.07, 6.45) is 0. The largest absolute Gasteiger partial charge is 0.490 e. The predicted octanol–water partition coefficient (Wildman–Crippen LogP) is 2.04. The maximum atomic E-state index is 6.77. The minimum atomic E-state index is 0.309. The Labute approximate surface area is 76.9 Å². The molecule has 1 heterocycles. The molecule has 13 heavy (non-hydrogen) atoms. The van der Waals surface area contributed by atoms with Crippen molar-refractivity contribution < 1.29 is 9.47 Å². The van der Waals surface area contributed by atoms with E-state index in [1.54, 1.807) is 12.1 Å². The normalized spacial score (nSPS) is 9.00. The lowest BCUT2D eigenvalue weighted by Gasteiger charge is -2.03. The second-order valence-electron chi connectivity index (χ2n) is 2.22. The molecule has 0 radical (unpaired) electrons. The van der Waals surface area contributed by atoms with Gasteiger partial charge in [0.05, 0.1) is 13.7 Å². The highest BCUT2D eigenvalue weighted by atomic mass is 16.5. The van der Waals surface area contributed by atoms with Gasteiger partial charge in [0, 0.05) is 0 Å². The van der Waals surface area contributed by atoms with Crippen molar-refractivity contribution in [3.8, 4) is 11.6 Å². The topological polar surface area (TPSA) is 35.7 Å². The number of methoxy groups -OCH3 is 1. The summed E-state index contributed by atoms with van der Waals surface area (Å²) in [4.78, 5) is 7.14. The Morgan fingerprint density at radius 3 is 2.85 bits per heavy atom. The van der Waals surface area contributed by atoms with Gasteiger partial charge in [-0.15, -0.1) is 0 Å². The van der Waals surface area contributed by atoms with Crippen LogP contribution in [0.4, 0.5) is 5.82 Å². The van der Waals surface area contributed by atoms with Crippen molar-refractivity contribution in [2.24, 2.45) is 0 Å². The molecule has 0 unspecified atom stereocenters. The molecule has 0 aromatic carbocycles. The van der Waals surface area contributed by atoms with E-state index in [0.29, 0.717) is 24.1 Å². The molecule has 1 aromatic heterocycles. The second-order valence-corrected chi connectivity index (χ2v) is 2.22. The Balaban J connectivity index is 3.04. The van der Waals surface area contributed by atoms with Crippen LogP contribution < -0.4 is 9.47 Å². The first-order valence-corrected chi connectivity index (χ1v) is 3.87. The number of nitrogens with zero attached hydrogens (tertiary/aromatic N) is 2. The van der Waals surface area contributed by atoms with Crippen molar-refractivity contribution in [3.05, 3.63) is 23.5 Å². The van der Waals surface area contributed by atoms with Crippen molar-refractivity contribution >= 4 is 5.82 Å². The van der Waals surface area contributed by atoms with E-state index in [0.717, 1.165) is 0 Å². The number of hydrogen-bond donors (Lipinski definition) is 0. The Hall–Kier alpha value is -1.76. The predicted molar refractivity (Wildman–Crippen MR) is 48.2 cm³/mol. The minimum Gasteiger partial charge on any atom is -0.490 e. The Morgan fingerprint density at radius 2 is 2.31 bits per heavy atom. The molecule has 1 rings (SSSR count). The number of aromatic nitrogens is 1. The third kappa shape index (κ3) is 2.09. The quantitative estimate of drug-likeness (QED) is 0.664.